The van der Waals surface area contributed by atoms with Crippen LogP contribution in [0.2, 0.25) is 0 Å². The molecule has 6 nitrogen and oxygen atoms in total. The highest BCUT2D eigenvalue weighted by Gasteiger charge is 2.06. The highest BCUT2D eigenvalue weighted by atomic mass is 127. The molecule has 0 amide bonds. The number of nitrogens with zero attached hydrogens (tertiary/aromatic N) is 3. The van der Waals surface area contributed by atoms with Crippen molar-refractivity contribution >= 4 is 29.9 Å². The van der Waals surface area contributed by atoms with Gasteiger partial charge < -0.3 is 19.5 Å². The molecule has 0 unspecified atom stereocenters. The van der Waals surface area contributed by atoms with Crippen LogP contribution in [0.4, 0.5) is 0 Å². The summed E-state index contributed by atoms with van der Waals surface area (Å²) in [5.41, 5.74) is 1.26. The van der Waals surface area contributed by atoms with Crippen molar-refractivity contribution in [2.45, 2.75) is 39.8 Å². The third-order valence-corrected chi connectivity index (χ3v) is 4.32. The maximum atomic E-state index is 11.7. The molecule has 1 heterocycles. The van der Waals surface area contributed by atoms with Crippen LogP contribution in [0.15, 0.2) is 58.4 Å². The summed E-state index contributed by atoms with van der Waals surface area (Å²) in [7, 11) is 2.04. The Morgan fingerprint density at radius 2 is 1.90 bits per heavy atom. The number of halogens is 1. The Hall–Kier alpha value is -2.03. The van der Waals surface area contributed by atoms with Gasteiger partial charge in [-0.2, -0.15) is 0 Å². The minimum atomic E-state index is 0. The first kappa shape index (κ1) is 25.0. The summed E-state index contributed by atoms with van der Waals surface area (Å²) in [5.74, 6) is 1.79. The molecule has 0 spiro atoms. The highest BCUT2D eigenvalue weighted by Crippen LogP contribution is 2.13. The number of rotatable bonds is 10. The number of unbranched alkanes of at least 4 members (excludes halogenated alkanes) is 1. The number of hydrogen-bond donors (Lipinski definition) is 1. The highest BCUT2D eigenvalue weighted by molar-refractivity contribution is 14.0. The Kier molecular flexibility index (Phi) is 12.1. The second kappa shape index (κ2) is 14.0. The number of aliphatic imine (C=N–C) groups is 1. The van der Waals surface area contributed by atoms with Crippen molar-refractivity contribution in [2.24, 2.45) is 4.99 Å². The molecule has 0 atom stereocenters. The summed E-state index contributed by atoms with van der Waals surface area (Å²) in [5, 5.41) is 3.35. The van der Waals surface area contributed by atoms with Crippen LogP contribution in [0.5, 0.6) is 5.75 Å². The zero-order valence-electron chi connectivity index (χ0n) is 17.6. The maximum Gasteiger partial charge on any atom is 0.250 e. The monoisotopic (exact) mass is 512 g/mol. The average molecular weight is 512 g/mol. The van der Waals surface area contributed by atoms with Gasteiger partial charge >= 0.3 is 0 Å². The summed E-state index contributed by atoms with van der Waals surface area (Å²) >= 11 is 0. The van der Waals surface area contributed by atoms with Crippen molar-refractivity contribution in [1.82, 2.24) is 14.8 Å². The number of benzene rings is 1. The molecule has 2 rings (SSSR count). The number of hydrogen-bond acceptors (Lipinski definition) is 3. The molecule has 2 aromatic rings. The fourth-order valence-electron chi connectivity index (χ4n) is 2.90. The first-order valence-corrected chi connectivity index (χ1v) is 10.0. The van der Waals surface area contributed by atoms with Gasteiger partial charge in [-0.25, -0.2) is 0 Å². The number of ether oxygens (including phenoxy) is 1. The predicted molar refractivity (Wildman–Crippen MR) is 130 cm³/mol. The van der Waals surface area contributed by atoms with Crippen LogP contribution in [-0.2, 0) is 13.1 Å². The van der Waals surface area contributed by atoms with Crippen LogP contribution in [-0.4, -0.2) is 42.2 Å². The van der Waals surface area contributed by atoms with Crippen LogP contribution in [0.3, 0.4) is 0 Å². The molecule has 0 saturated heterocycles. The Morgan fingerprint density at radius 1 is 1.14 bits per heavy atom. The molecule has 0 radical (unpaired) electrons. The fourth-order valence-corrected chi connectivity index (χ4v) is 2.90. The molecule has 29 heavy (non-hydrogen) atoms. The van der Waals surface area contributed by atoms with Crippen LogP contribution < -0.4 is 15.6 Å². The van der Waals surface area contributed by atoms with Gasteiger partial charge in [0, 0.05) is 45.5 Å². The number of guanidine groups is 1. The molecular formula is C22H33IN4O2. The van der Waals surface area contributed by atoms with E-state index in [-0.39, 0.29) is 29.5 Å². The van der Waals surface area contributed by atoms with E-state index in [0.717, 1.165) is 50.7 Å². The quantitative estimate of drug-likeness (QED) is 0.228. The summed E-state index contributed by atoms with van der Waals surface area (Å²) < 4.78 is 7.24. The van der Waals surface area contributed by atoms with E-state index in [1.54, 1.807) is 16.7 Å². The van der Waals surface area contributed by atoms with Crippen molar-refractivity contribution in [3.63, 3.8) is 0 Å². The van der Waals surface area contributed by atoms with Crippen LogP contribution in [0, 0.1) is 0 Å². The lowest BCUT2D eigenvalue weighted by atomic mass is 10.2. The van der Waals surface area contributed by atoms with Gasteiger partial charge in [0.1, 0.15) is 5.75 Å². The standard InChI is InChI=1S/C22H32N4O2.HI/c1-4-23-22(24-15-7-9-17-26-16-8-6-10-21(26)27)25(3)18-19-11-13-20(14-12-19)28-5-2;/h6,8,10-14,16H,4-5,7,9,15,17-18H2,1-3H3,(H,23,24);1H. The molecule has 0 saturated carbocycles. The Morgan fingerprint density at radius 3 is 2.55 bits per heavy atom. The van der Waals surface area contributed by atoms with Gasteiger partial charge in [0.2, 0.25) is 5.56 Å². The number of pyridine rings is 1. The van der Waals surface area contributed by atoms with Crippen molar-refractivity contribution in [3.8, 4) is 5.75 Å². The average Bonchev–Trinajstić information content (AvgIpc) is 2.70. The summed E-state index contributed by atoms with van der Waals surface area (Å²) in [6.45, 7) is 7.80. The molecule has 0 aliphatic heterocycles. The molecule has 1 N–H and O–H groups in total. The largest absolute Gasteiger partial charge is 0.494 e. The van der Waals surface area contributed by atoms with Crippen molar-refractivity contribution in [2.75, 3.05) is 26.7 Å². The van der Waals surface area contributed by atoms with Crippen molar-refractivity contribution in [1.29, 1.82) is 0 Å². The maximum absolute atomic E-state index is 11.7. The molecule has 160 valence electrons. The van der Waals surface area contributed by atoms with Gasteiger partial charge in [0.25, 0.3) is 0 Å². The van der Waals surface area contributed by atoms with E-state index in [2.05, 4.69) is 29.3 Å². The molecule has 1 aromatic carbocycles. The Balaban J connectivity index is 0.00000420. The normalized spacial score (nSPS) is 10.9. The molecule has 7 heteroatoms. The summed E-state index contributed by atoms with van der Waals surface area (Å²) in [6.07, 6.45) is 3.70. The van der Waals surface area contributed by atoms with Gasteiger partial charge in [-0.3, -0.25) is 9.79 Å². The Bertz CT molecular complexity index is 790. The second-order valence-electron chi connectivity index (χ2n) is 6.61. The molecule has 0 aliphatic rings. The lowest BCUT2D eigenvalue weighted by molar-refractivity contribution is 0.340. The molecule has 1 aromatic heterocycles. The van der Waals surface area contributed by atoms with Crippen molar-refractivity contribution in [3.05, 3.63) is 64.6 Å². The van der Waals surface area contributed by atoms with Crippen LogP contribution in [0.1, 0.15) is 32.3 Å². The zero-order valence-corrected chi connectivity index (χ0v) is 20.0. The first-order valence-electron chi connectivity index (χ1n) is 10.0. The topological polar surface area (TPSA) is 58.9 Å². The summed E-state index contributed by atoms with van der Waals surface area (Å²) in [4.78, 5) is 18.6. The third kappa shape index (κ3) is 8.89. The molecule has 0 aliphatic carbocycles. The van der Waals surface area contributed by atoms with Gasteiger partial charge in [-0.1, -0.05) is 18.2 Å². The smallest absolute Gasteiger partial charge is 0.250 e. The molecule has 0 bridgehead atoms. The van der Waals surface area contributed by atoms with E-state index in [1.807, 2.05) is 38.4 Å². The van der Waals surface area contributed by atoms with E-state index in [0.29, 0.717) is 6.61 Å². The van der Waals surface area contributed by atoms with Gasteiger partial charge in [-0.15, -0.1) is 24.0 Å². The Labute approximate surface area is 191 Å². The molecule has 0 fully saturated rings. The SMILES string of the molecule is CCNC(=NCCCCn1ccccc1=O)N(C)Cc1ccc(OCC)cc1.I. The van der Waals surface area contributed by atoms with E-state index < -0.39 is 0 Å². The minimum Gasteiger partial charge on any atom is -0.494 e. The van der Waals surface area contributed by atoms with Gasteiger partial charge in [0.05, 0.1) is 6.61 Å². The van der Waals surface area contributed by atoms with Crippen LogP contribution in [0.25, 0.3) is 0 Å². The second-order valence-corrected chi connectivity index (χ2v) is 6.61. The number of nitrogens with one attached hydrogen (secondary N) is 1. The van der Waals surface area contributed by atoms with Gasteiger partial charge in [0.15, 0.2) is 5.96 Å². The molecular weight excluding hydrogens is 479 g/mol. The van der Waals surface area contributed by atoms with Crippen molar-refractivity contribution < 1.29 is 4.74 Å². The first-order chi connectivity index (χ1) is 13.6. The zero-order chi connectivity index (χ0) is 20.2. The van der Waals surface area contributed by atoms with E-state index in [1.165, 1.54) is 5.56 Å². The lowest BCUT2D eigenvalue weighted by Gasteiger charge is -2.22. The van der Waals surface area contributed by atoms with E-state index in [4.69, 9.17) is 9.73 Å². The van der Waals surface area contributed by atoms with E-state index in [9.17, 15) is 4.79 Å². The summed E-state index contributed by atoms with van der Waals surface area (Å²) in [6, 6.07) is 13.4. The lowest BCUT2D eigenvalue weighted by Crippen LogP contribution is -2.38. The fraction of sp³-hybridized carbons (Fsp3) is 0.455. The van der Waals surface area contributed by atoms with E-state index >= 15 is 0 Å². The minimum absolute atomic E-state index is 0. The third-order valence-electron chi connectivity index (χ3n) is 4.32. The van der Waals surface area contributed by atoms with Gasteiger partial charge in [-0.05, 0) is 50.5 Å². The number of aryl methyl sites for hydroxylation is 1. The van der Waals surface area contributed by atoms with Crippen LogP contribution >= 0.6 is 24.0 Å². The number of aromatic nitrogens is 1. The predicted octanol–water partition coefficient (Wildman–Crippen LogP) is 3.74.